The molecule has 1 fully saturated rings. The van der Waals surface area contributed by atoms with Crippen molar-refractivity contribution in [3.05, 3.63) is 24.3 Å². The minimum atomic E-state index is -2.94. The third-order valence-electron chi connectivity index (χ3n) is 4.55. The van der Waals surface area contributed by atoms with Gasteiger partial charge in [0.05, 0.1) is 24.4 Å². The fraction of sp³-hybridized carbons (Fsp3) is 0.632. The van der Waals surface area contributed by atoms with E-state index >= 15 is 0 Å². The summed E-state index contributed by atoms with van der Waals surface area (Å²) in [6.45, 7) is 7.77. The van der Waals surface area contributed by atoms with Crippen LogP contribution in [0.4, 0.5) is 14.5 Å². The largest absolute Gasteiger partial charge is 0.433 e. The average Bonchev–Trinajstić information content (AvgIpc) is 2.62. The SMILES string of the molecule is CC(C)OCCN1CCN([C@H](C)C(=O)Nc2ccccc2OC(F)F)CC1. The number of carbonyl (C=O) groups is 1. The van der Waals surface area contributed by atoms with Crippen LogP contribution in [0.3, 0.4) is 0 Å². The van der Waals surface area contributed by atoms with Gasteiger partial charge < -0.3 is 14.8 Å². The summed E-state index contributed by atoms with van der Waals surface area (Å²) in [4.78, 5) is 17.0. The lowest BCUT2D eigenvalue weighted by atomic mass is 10.2. The van der Waals surface area contributed by atoms with Crippen molar-refractivity contribution in [2.24, 2.45) is 0 Å². The third-order valence-corrected chi connectivity index (χ3v) is 4.55. The molecule has 152 valence electrons. The Balaban J connectivity index is 1.83. The van der Waals surface area contributed by atoms with Crippen LogP contribution in [0.15, 0.2) is 24.3 Å². The Kier molecular flexibility index (Phi) is 8.40. The molecule has 6 nitrogen and oxygen atoms in total. The van der Waals surface area contributed by atoms with E-state index in [1.807, 2.05) is 20.8 Å². The van der Waals surface area contributed by atoms with Crippen LogP contribution in [0.1, 0.15) is 20.8 Å². The van der Waals surface area contributed by atoms with Crippen molar-refractivity contribution in [2.75, 3.05) is 44.6 Å². The molecule has 1 aliphatic heterocycles. The maximum Gasteiger partial charge on any atom is 0.387 e. The fourth-order valence-electron chi connectivity index (χ4n) is 2.96. The zero-order valence-corrected chi connectivity index (χ0v) is 16.2. The summed E-state index contributed by atoms with van der Waals surface area (Å²) >= 11 is 0. The number of halogens is 2. The molecular formula is C19H29F2N3O3. The average molecular weight is 385 g/mol. The van der Waals surface area contributed by atoms with Gasteiger partial charge in [-0.25, -0.2) is 0 Å². The number of hydrogen-bond donors (Lipinski definition) is 1. The van der Waals surface area contributed by atoms with E-state index in [0.29, 0.717) is 6.61 Å². The predicted octanol–water partition coefficient (Wildman–Crippen LogP) is 2.66. The molecule has 0 aliphatic carbocycles. The van der Waals surface area contributed by atoms with Gasteiger partial charge in [-0.2, -0.15) is 8.78 Å². The van der Waals surface area contributed by atoms with Crippen molar-refractivity contribution in [2.45, 2.75) is 39.5 Å². The summed E-state index contributed by atoms with van der Waals surface area (Å²) in [7, 11) is 0. The Hall–Kier alpha value is -1.77. The highest BCUT2D eigenvalue weighted by Crippen LogP contribution is 2.25. The second-order valence-electron chi connectivity index (χ2n) is 6.84. The van der Waals surface area contributed by atoms with Crippen molar-refractivity contribution in [1.29, 1.82) is 0 Å². The zero-order chi connectivity index (χ0) is 19.8. The molecule has 0 bridgehead atoms. The number of rotatable bonds is 9. The van der Waals surface area contributed by atoms with Crippen LogP contribution >= 0.6 is 0 Å². The molecule has 0 unspecified atom stereocenters. The molecule has 1 amide bonds. The Morgan fingerprint density at radius 1 is 1.15 bits per heavy atom. The van der Waals surface area contributed by atoms with Crippen molar-refractivity contribution < 1.29 is 23.0 Å². The van der Waals surface area contributed by atoms with Gasteiger partial charge in [-0.05, 0) is 32.9 Å². The summed E-state index contributed by atoms with van der Waals surface area (Å²) in [6, 6.07) is 5.84. The maximum absolute atomic E-state index is 12.5. The first-order valence-electron chi connectivity index (χ1n) is 9.29. The van der Waals surface area contributed by atoms with E-state index in [1.54, 1.807) is 18.2 Å². The molecule has 27 heavy (non-hydrogen) atoms. The van der Waals surface area contributed by atoms with Gasteiger partial charge in [-0.15, -0.1) is 0 Å². The first kappa shape index (κ1) is 21.5. The molecule has 2 rings (SSSR count). The van der Waals surface area contributed by atoms with E-state index in [9.17, 15) is 13.6 Å². The molecule has 8 heteroatoms. The minimum absolute atomic E-state index is 0.0389. The molecule has 0 spiro atoms. The van der Waals surface area contributed by atoms with Crippen LogP contribution < -0.4 is 10.1 Å². The number of nitrogens with zero attached hydrogens (tertiary/aromatic N) is 2. The van der Waals surface area contributed by atoms with Gasteiger partial charge in [0.15, 0.2) is 0 Å². The number of amides is 1. The predicted molar refractivity (Wildman–Crippen MR) is 100 cm³/mol. The summed E-state index contributed by atoms with van der Waals surface area (Å²) in [5.74, 6) is -0.278. The van der Waals surface area contributed by atoms with Crippen LogP contribution in [-0.2, 0) is 9.53 Å². The Morgan fingerprint density at radius 2 is 1.81 bits per heavy atom. The van der Waals surface area contributed by atoms with Gasteiger partial charge in [-0.1, -0.05) is 12.1 Å². The van der Waals surface area contributed by atoms with E-state index in [1.165, 1.54) is 6.07 Å². The highest BCUT2D eigenvalue weighted by atomic mass is 19.3. The lowest BCUT2D eigenvalue weighted by molar-refractivity contribution is -0.121. The first-order valence-corrected chi connectivity index (χ1v) is 9.29. The van der Waals surface area contributed by atoms with Gasteiger partial charge in [-0.3, -0.25) is 14.6 Å². The van der Waals surface area contributed by atoms with Gasteiger partial charge in [0.25, 0.3) is 0 Å². The summed E-state index contributed by atoms with van der Waals surface area (Å²) < 4.78 is 35.0. The molecule has 0 radical (unpaired) electrons. The number of ether oxygens (including phenoxy) is 2. The van der Waals surface area contributed by atoms with Gasteiger partial charge in [0.2, 0.25) is 5.91 Å². The summed E-state index contributed by atoms with van der Waals surface area (Å²) in [5.41, 5.74) is 0.249. The number of benzene rings is 1. The topological polar surface area (TPSA) is 54.0 Å². The van der Waals surface area contributed by atoms with Crippen LogP contribution in [0.25, 0.3) is 0 Å². The Morgan fingerprint density at radius 3 is 2.44 bits per heavy atom. The number of anilines is 1. The number of hydrogen-bond acceptors (Lipinski definition) is 5. The van der Waals surface area contributed by atoms with Crippen LogP contribution in [0, 0.1) is 0 Å². The van der Waals surface area contributed by atoms with E-state index in [0.717, 1.165) is 32.7 Å². The van der Waals surface area contributed by atoms with Crippen molar-refractivity contribution in [3.8, 4) is 5.75 Å². The minimum Gasteiger partial charge on any atom is -0.433 e. The van der Waals surface area contributed by atoms with Crippen LogP contribution in [0.2, 0.25) is 0 Å². The highest BCUT2D eigenvalue weighted by molar-refractivity contribution is 5.95. The monoisotopic (exact) mass is 385 g/mol. The number of carbonyl (C=O) groups excluding carboxylic acids is 1. The molecule has 1 heterocycles. The zero-order valence-electron chi connectivity index (χ0n) is 16.2. The molecule has 1 N–H and O–H groups in total. The van der Waals surface area contributed by atoms with Gasteiger partial charge in [0, 0.05) is 32.7 Å². The van der Waals surface area contributed by atoms with E-state index < -0.39 is 6.61 Å². The Bertz CT molecular complexity index is 593. The van der Waals surface area contributed by atoms with Gasteiger partial charge >= 0.3 is 6.61 Å². The first-order chi connectivity index (χ1) is 12.9. The lowest BCUT2D eigenvalue weighted by Gasteiger charge is -2.37. The van der Waals surface area contributed by atoms with E-state index in [4.69, 9.17) is 4.74 Å². The quantitative estimate of drug-likeness (QED) is 0.708. The number of nitrogens with one attached hydrogen (secondary N) is 1. The number of para-hydroxylation sites is 2. The van der Waals surface area contributed by atoms with Crippen LogP contribution in [0.5, 0.6) is 5.75 Å². The molecule has 0 saturated carbocycles. The maximum atomic E-state index is 12.5. The fourth-order valence-corrected chi connectivity index (χ4v) is 2.96. The summed E-state index contributed by atoms with van der Waals surface area (Å²) in [6.07, 6.45) is 0.229. The summed E-state index contributed by atoms with van der Waals surface area (Å²) in [5, 5.41) is 2.70. The molecular weight excluding hydrogens is 356 g/mol. The normalized spacial score (nSPS) is 17.3. The second-order valence-corrected chi connectivity index (χ2v) is 6.84. The number of alkyl halides is 2. The smallest absolute Gasteiger partial charge is 0.387 e. The van der Waals surface area contributed by atoms with Gasteiger partial charge in [0.1, 0.15) is 5.75 Å². The molecule has 1 saturated heterocycles. The number of piperazine rings is 1. The molecule has 1 aromatic rings. The van der Waals surface area contributed by atoms with E-state index in [2.05, 4.69) is 19.9 Å². The molecule has 1 aliphatic rings. The molecule has 1 atom stereocenters. The standard InChI is InChI=1S/C19H29F2N3O3/c1-14(2)26-13-12-23-8-10-24(11-9-23)15(3)18(25)22-16-6-4-5-7-17(16)27-19(20)21/h4-7,14-15,19H,8-13H2,1-3H3,(H,22,25)/t15-/m1/s1. The van der Waals surface area contributed by atoms with E-state index in [-0.39, 0.29) is 29.5 Å². The molecule has 1 aromatic carbocycles. The van der Waals surface area contributed by atoms with Crippen molar-refractivity contribution in [1.82, 2.24) is 9.80 Å². The second kappa shape index (κ2) is 10.5. The highest BCUT2D eigenvalue weighted by Gasteiger charge is 2.26. The lowest BCUT2D eigenvalue weighted by Crippen LogP contribution is -2.53. The molecule has 0 aromatic heterocycles. The third kappa shape index (κ3) is 7.04. The van der Waals surface area contributed by atoms with Crippen molar-refractivity contribution >= 4 is 11.6 Å². The van der Waals surface area contributed by atoms with Crippen LogP contribution in [-0.4, -0.2) is 73.8 Å². The van der Waals surface area contributed by atoms with Crippen molar-refractivity contribution in [3.63, 3.8) is 0 Å². The Labute approximate surface area is 159 Å².